The van der Waals surface area contributed by atoms with Gasteiger partial charge in [0.2, 0.25) is 0 Å². The minimum absolute atomic E-state index is 0.854. The molecule has 0 spiro atoms. The Morgan fingerprint density at radius 2 is 1.19 bits per heavy atom. The summed E-state index contributed by atoms with van der Waals surface area (Å²) in [6.07, 6.45) is 11.7. The number of ether oxygens (including phenoxy) is 1. The molecule has 0 radical (unpaired) electrons. The van der Waals surface area contributed by atoms with Gasteiger partial charge >= 0.3 is 0 Å². The molecule has 0 heterocycles. The van der Waals surface area contributed by atoms with Crippen molar-refractivity contribution in [3.05, 3.63) is 29.8 Å². The Morgan fingerprint density at radius 3 is 1.73 bits per heavy atom. The third kappa shape index (κ3) is 9.07. The van der Waals surface area contributed by atoms with Crippen LogP contribution in [0.3, 0.4) is 0 Å². The van der Waals surface area contributed by atoms with Crippen LogP contribution in [0.25, 0.3) is 0 Å². The van der Waals surface area contributed by atoms with Gasteiger partial charge in [0.05, 0.1) is 26.2 Å². The Kier molecular flexibility index (Phi) is 12.5. The Labute approximate surface area is 163 Å². The van der Waals surface area contributed by atoms with E-state index in [0.29, 0.717) is 0 Å². The average Bonchev–Trinajstić information content (AvgIpc) is 2.63. The third-order valence-electron chi connectivity index (χ3n) is 5.30. The number of hydrogen-bond donors (Lipinski definition) is 0. The fourth-order valence-corrected chi connectivity index (χ4v) is 4.15. The van der Waals surface area contributed by atoms with Crippen LogP contribution < -0.4 is 4.74 Å². The first-order valence-electron chi connectivity index (χ1n) is 11.3. The molecule has 0 unspecified atom stereocenters. The number of nitrogens with zero attached hydrogens (tertiary/aromatic N) is 1. The van der Waals surface area contributed by atoms with E-state index in [-0.39, 0.29) is 0 Å². The minimum Gasteiger partial charge on any atom is -0.494 e. The van der Waals surface area contributed by atoms with Crippen molar-refractivity contribution in [2.24, 2.45) is 0 Å². The molecule has 0 fully saturated rings. The van der Waals surface area contributed by atoms with Crippen molar-refractivity contribution in [3.8, 4) is 5.75 Å². The molecule has 150 valence electrons. The van der Waals surface area contributed by atoms with Crippen molar-refractivity contribution in [1.82, 2.24) is 0 Å². The van der Waals surface area contributed by atoms with Crippen LogP contribution in [-0.2, 0) is 6.54 Å². The van der Waals surface area contributed by atoms with Crippen LogP contribution >= 0.6 is 0 Å². The SMILES string of the molecule is CCCCCCCCOc1ccc(C[N+](CCC)(CCC)CCC)cc1. The zero-order valence-corrected chi connectivity index (χ0v) is 18.1. The normalized spacial score (nSPS) is 11.7. The molecule has 0 aromatic heterocycles. The highest BCUT2D eigenvalue weighted by molar-refractivity contribution is 5.26. The number of unbranched alkanes of at least 4 members (excludes halogenated alkanes) is 5. The molecular weight excluding hydrogens is 318 g/mol. The molecule has 0 atom stereocenters. The van der Waals surface area contributed by atoms with Gasteiger partial charge in [-0.15, -0.1) is 0 Å². The van der Waals surface area contributed by atoms with Crippen LogP contribution in [0.5, 0.6) is 5.75 Å². The van der Waals surface area contributed by atoms with E-state index in [1.165, 1.54) is 87.5 Å². The second-order valence-electron chi connectivity index (χ2n) is 7.93. The van der Waals surface area contributed by atoms with E-state index in [9.17, 15) is 0 Å². The summed E-state index contributed by atoms with van der Waals surface area (Å²) < 4.78 is 7.17. The fourth-order valence-electron chi connectivity index (χ4n) is 4.15. The second-order valence-corrected chi connectivity index (χ2v) is 7.93. The van der Waals surface area contributed by atoms with Crippen LogP contribution in [0.4, 0.5) is 0 Å². The Morgan fingerprint density at radius 1 is 0.654 bits per heavy atom. The van der Waals surface area contributed by atoms with Gasteiger partial charge in [-0.25, -0.2) is 0 Å². The second kappa shape index (κ2) is 14.1. The molecule has 0 saturated carbocycles. The topological polar surface area (TPSA) is 9.23 Å². The molecule has 1 rings (SSSR count). The highest BCUT2D eigenvalue weighted by atomic mass is 16.5. The molecule has 2 heteroatoms. The smallest absolute Gasteiger partial charge is 0.119 e. The summed E-state index contributed by atoms with van der Waals surface area (Å²) in [5, 5.41) is 0. The number of benzene rings is 1. The molecule has 26 heavy (non-hydrogen) atoms. The standard InChI is InChI=1S/C24H44NO/c1-5-9-10-11-12-13-21-26-24-16-14-23(15-17-24)22-25(18-6-2,19-7-3)20-8-4/h14-17H,5-13,18-22H2,1-4H3/q+1. The lowest BCUT2D eigenvalue weighted by Crippen LogP contribution is -2.48. The molecule has 0 saturated heterocycles. The lowest BCUT2D eigenvalue weighted by atomic mass is 10.1. The molecule has 0 aliphatic rings. The Bertz CT molecular complexity index is 423. The highest BCUT2D eigenvalue weighted by Crippen LogP contribution is 2.20. The summed E-state index contributed by atoms with van der Waals surface area (Å²) in [5.74, 6) is 1.03. The van der Waals surface area contributed by atoms with E-state index < -0.39 is 0 Å². The van der Waals surface area contributed by atoms with Crippen molar-refractivity contribution in [1.29, 1.82) is 0 Å². The first-order valence-corrected chi connectivity index (χ1v) is 11.3. The quantitative estimate of drug-likeness (QED) is 0.228. The zero-order chi connectivity index (χ0) is 19.1. The van der Waals surface area contributed by atoms with Crippen molar-refractivity contribution < 1.29 is 9.22 Å². The average molecular weight is 363 g/mol. The van der Waals surface area contributed by atoms with Gasteiger partial charge in [0.25, 0.3) is 0 Å². The maximum atomic E-state index is 5.94. The van der Waals surface area contributed by atoms with Crippen LogP contribution in [0.15, 0.2) is 24.3 Å². The zero-order valence-electron chi connectivity index (χ0n) is 18.1. The van der Waals surface area contributed by atoms with Crippen LogP contribution in [-0.4, -0.2) is 30.7 Å². The van der Waals surface area contributed by atoms with Gasteiger partial charge in [-0.3, -0.25) is 0 Å². The first-order chi connectivity index (χ1) is 12.7. The summed E-state index contributed by atoms with van der Waals surface area (Å²) in [5.41, 5.74) is 1.45. The molecule has 0 aliphatic carbocycles. The summed E-state index contributed by atoms with van der Waals surface area (Å²) in [6, 6.07) is 8.91. The van der Waals surface area contributed by atoms with Gasteiger partial charge in [-0.2, -0.15) is 0 Å². The van der Waals surface area contributed by atoms with E-state index >= 15 is 0 Å². The van der Waals surface area contributed by atoms with E-state index in [4.69, 9.17) is 4.74 Å². The van der Waals surface area contributed by atoms with Gasteiger partial charge in [0.1, 0.15) is 12.3 Å². The highest BCUT2D eigenvalue weighted by Gasteiger charge is 2.24. The number of hydrogen-bond acceptors (Lipinski definition) is 1. The lowest BCUT2D eigenvalue weighted by molar-refractivity contribution is -0.941. The van der Waals surface area contributed by atoms with Crippen LogP contribution in [0.1, 0.15) is 91.0 Å². The van der Waals surface area contributed by atoms with Crippen molar-refractivity contribution in [2.75, 3.05) is 26.2 Å². The third-order valence-corrected chi connectivity index (χ3v) is 5.30. The fraction of sp³-hybridized carbons (Fsp3) is 0.750. The molecular formula is C24H44NO+. The van der Waals surface area contributed by atoms with Gasteiger partial charge in [0, 0.05) is 5.56 Å². The number of rotatable bonds is 16. The Hall–Kier alpha value is -1.02. The maximum absolute atomic E-state index is 5.94. The summed E-state index contributed by atoms with van der Waals surface area (Å²) in [7, 11) is 0. The molecule has 0 bridgehead atoms. The van der Waals surface area contributed by atoms with Gasteiger partial charge in [-0.05, 0) is 49.9 Å². The van der Waals surface area contributed by atoms with Crippen molar-refractivity contribution >= 4 is 0 Å². The molecule has 0 aliphatic heterocycles. The molecule has 0 amide bonds. The van der Waals surface area contributed by atoms with Crippen LogP contribution in [0.2, 0.25) is 0 Å². The minimum atomic E-state index is 0.854. The van der Waals surface area contributed by atoms with Gasteiger partial charge in [0.15, 0.2) is 0 Å². The van der Waals surface area contributed by atoms with E-state index in [2.05, 4.69) is 52.0 Å². The summed E-state index contributed by atoms with van der Waals surface area (Å²) >= 11 is 0. The summed E-state index contributed by atoms with van der Waals surface area (Å²) in [6.45, 7) is 15.1. The van der Waals surface area contributed by atoms with Crippen molar-refractivity contribution in [2.45, 2.75) is 92.0 Å². The number of quaternary nitrogens is 1. The van der Waals surface area contributed by atoms with E-state index in [1.54, 1.807) is 0 Å². The molecule has 2 nitrogen and oxygen atoms in total. The maximum Gasteiger partial charge on any atom is 0.119 e. The molecule has 1 aromatic carbocycles. The first kappa shape index (κ1) is 23.0. The van der Waals surface area contributed by atoms with Crippen molar-refractivity contribution in [3.63, 3.8) is 0 Å². The van der Waals surface area contributed by atoms with Gasteiger partial charge in [-0.1, -0.05) is 59.8 Å². The monoisotopic (exact) mass is 362 g/mol. The molecule has 0 N–H and O–H groups in total. The molecule has 1 aromatic rings. The van der Waals surface area contributed by atoms with E-state index in [0.717, 1.165) is 18.9 Å². The Balaban J connectivity index is 2.46. The lowest BCUT2D eigenvalue weighted by Gasteiger charge is -2.38. The van der Waals surface area contributed by atoms with Gasteiger partial charge < -0.3 is 9.22 Å². The van der Waals surface area contributed by atoms with E-state index in [1.807, 2.05) is 0 Å². The largest absolute Gasteiger partial charge is 0.494 e. The predicted molar refractivity (Wildman–Crippen MR) is 115 cm³/mol. The van der Waals surface area contributed by atoms with Crippen LogP contribution in [0, 0.1) is 0 Å². The predicted octanol–water partition coefficient (Wildman–Crippen LogP) is 6.97. The summed E-state index contributed by atoms with van der Waals surface area (Å²) in [4.78, 5) is 0.